The molecule has 0 amide bonds. The van der Waals surface area contributed by atoms with Gasteiger partial charge in [0, 0.05) is 14.1 Å². The Balaban J connectivity index is 2.48. The Morgan fingerprint density at radius 3 is 2.58 bits per heavy atom. The molecule has 0 aliphatic rings. The molecule has 0 aliphatic heterocycles. The number of nitrogen functional groups attached to an aromatic ring is 1. The second kappa shape index (κ2) is 8.06. The Bertz CT molecular complexity index is 864. The molecule has 1 aromatic carbocycles. The molecule has 0 saturated carbocycles. The molecule has 0 radical (unpaired) electrons. The van der Waals surface area contributed by atoms with Crippen molar-refractivity contribution in [1.82, 2.24) is 15.0 Å². The number of rotatable bonds is 6. The number of aromatic nitrogens is 3. The van der Waals surface area contributed by atoms with Crippen molar-refractivity contribution in [2.75, 3.05) is 31.8 Å². The maximum atomic E-state index is 12.5. The summed E-state index contributed by atoms with van der Waals surface area (Å²) in [5.74, 6) is 0.287. The molecular formula is C16H16F2N6O2. The van der Waals surface area contributed by atoms with Crippen LogP contribution in [0.25, 0.3) is 11.6 Å². The van der Waals surface area contributed by atoms with E-state index in [1.807, 2.05) is 6.07 Å². The minimum Gasteiger partial charge on any atom is -0.493 e. The van der Waals surface area contributed by atoms with E-state index in [1.54, 1.807) is 25.1 Å². The molecule has 136 valence electrons. The van der Waals surface area contributed by atoms with Gasteiger partial charge in [-0.2, -0.15) is 29.0 Å². The van der Waals surface area contributed by atoms with E-state index in [-0.39, 0.29) is 34.8 Å². The number of nitrogens with two attached hydrogens (primary N) is 1. The number of anilines is 2. The first kappa shape index (κ1) is 18.9. The molecule has 26 heavy (non-hydrogen) atoms. The minimum absolute atomic E-state index is 0.0451. The Kier molecular flexibility index (Phi) is 5.85. The molecule has 0 saturated heterocycles. The number of halogens is 2. The van der Waals surface area contributed by atoms with Crippen molar-refractivity contribution in [3.8, 4) is 17.6 Å². The number of ether oxygens (including phenoxy) is 2. The standard InChI is InChI=1S/C16H16F2N6O2/c1-24(2)16-22-13(21-15(20)23-16)10(8-19)6-9-4-5-11(25-3)12(7-9)26-14(17)18/h4-7,14H,1-3H3,(H2,20,21,22,23)/b10-6+. The first-order chi connectivity index (χ1) is 12.3. The van der Waals surface area contributed by atoms with Crippen LogP contribution in [0, 0.1) is 11.3 Å². The molecular weight excluding hydrogens is 346 g/mol. The van der Waals surface area contributed by atoms with Crippen LogP contribution in [-0.2, 0) is 0 Å². The maximum absolute atomic E-state index is 12.5. The highest BCUT2D eigenvalue weighted by Crippen LogP contribution is 2.30. The number of nitriles is 1. The molecule has 0 atom stereocenters. The van der Waals surface area contributed by atoms with E-state index >= 15 is 0 Å². The molecule has 1 heterocycles. The van der Waals surface area contributed by atoms with Crippen LogP contribution in [-0.4, -0.2) is 42.8 Å². The van der Waals surface area contributed by atoms with Crippen molar-refractivity contribution in [2.45, 2.75) is 6.61 Å². The lowest BCUT2D eigenvalue weighted by molar-refractivity contribution is -0.0512. The highest BCUT2D eigenvalue weighted by molar-refractivity contribution is 5.87. The van der Waals surface area contributed by atoms with Gasteiger partial charge in [0.2, 0.25) is 11.9 Å². The lowest BCUT2D eigenvalue weighted by Gasteiger charge is -2.11. The van der Waals surface area contributed by atoms with Crippen molar-refractivity contribution in [3.63, 3.8) is 0 Å². The van der Waals surface area contributed by atoms with Crippen molar-refractivity contribution < 1.29 is 18.3 Å². The molecule has 0 bridgehead atoms. The van der Waals surface area contributed by atoms with Crippen LogP contribution in [0.3, 0.4) is 0 Å². The predicted molar refractivity (Wildman–Crippen MR) is 91.7 cm³/mol. The van der Waals surface area contributed by atoms with E-state index in [0.717, 1.165) is 0 Å². The summed E-state index contributed by atoms with van der Waals surface area (Å²) in [7, 11) is 4.76. The third-order valence-corrected chi connectivity index (χ3v) is 3.12. The topological polar surface area (TPSA) is 110 Å². The molecule has 10 heteroatoms. The third-order valence-electron chi connectivity index (χ3n) is 3.12. The SMILES string of the molecule is COc1ccc(/C=C(\C#N)c2nc(N)nc(N(C)C)n2)cc1OC(F)F. The van der Waals surface area contributed by atoms with Gasteiger partial charge in [0.25, 0.3) is 0 Å². The third kappa shape index (κ3) is 4.54. The van der Waals surface area contributed by atoms with Gasteiger partial charge in [-0.3, -0.25) is 0 Å². The molecule has 2 rings (SSSR count). The van der Waals surface area contributed by atoms with E-state index < -0.39 is 6.61 Å². The maximum Gasteiger partial charge on any atom is 0.387 e. The van der Waals surface area contributed by atoms with Crippen LogP contribution < -0.4 is 20.1 Å². The molecule has 2 N–H and O–H groups in total. The lowest BCUT2D eigenvalue weighted by Crippen LogP contribution is -2.15. The van der Waals surface area contributed by atoms with Gasteiger partial charge in [0.05, 0.1) is 12.7 Å². The first-order valence-corrected chi connectivity index (χ1v) is 7.28. The van der Waals surface area contributed by atoms with Crippen LogP contribution in [0.4, 0.5) is 20.7 Å². The van der Waals surface area contributed by atoms with Crippen LogP contribution >= 0.6 is 0 Å². The average molecular weight is 362 g/mol. The van der Waals surface area contributed by atoms with E-state index in [1.165, 1.54) is 25.3 Å². The van der Waals surface area contributed by atoms with E-state index in [2.05, 4.69) is 19.7 Å². The largest absolute Gasteiger partial charge is 0.493 e. The molecule has 0 spiro atoms. The highest BCUT2D eigenvalue weighted by atomic mass is 19.3. The summed E-state index contributed by atoms with van der Waals surface area (Å²) in [5.41, 5.74) is 6.15. The molecule has 0 fully saturated rings. The lowest BCUT2D eigenvalue weighted by atomic mass is 10.1. The summed E-state index contributed by atoms with van der Waals surface area (Å²) in [6, 6.07) is 6.31. The van der Waals surface area contributed by atoms with Gasteiger partial charge >= 0.3 is 6.61 Å². The summed E-state index contributed by atoms with van der Waals surface area (Å²) >= 11 is 0. The quantitative estimate of drug-likeness (QED) is 0.779. The summed E-state index contributed by atoms with van der Waals surface area (Å²) < 4.78 is 34.5. The number of benzene rings is 1. The van der Waals surface area contributed by atoms with Gasteiger partial charge in [-0.05, 0) is 23.8 Å². The molecule has 0 aliphatic carbocycles. The average Bonchev–Trinajstić information content (AvgIpc) is 2.58. The summed E-state index contributed by atoms with van der Waals surface area (Å²) in [6.07, 6.45) is 1.42. The first-order valence-electron chi connectivity index (χ1n) is 7.28. The summed E-state index contributed by atoms with van der Waals surface area (Å²) in [6.45, 7) is -3.01. The fourth-order valence-corrected chi connectivity index (χ4v) is 1.99. The van der Waals surface area contributed by atoms with Gasteiger partial charge in [0.1, 0.15) is 6.07 Å². The van der Waals surface area contributed by atoms with Crippen LogP contribution in [0.5, 0.6) is 11.5 Å². The zero-order chi connectivity index (χ0) is 19.3. The monoisotopic (exact) mass is 362 g/mol. The second-order valence-corrected chi connectivity index (χ2v) is 5.17. The van der Waals surface area contributed by atoms with Gasteiger partial charge < -0.3 is 20.1 Å². The van der Waals surface area contributed by atoms with Crippen molar-refractivity contribution in [1.29, 1.82) is 5.26 Å². The van der Waals surface area contributed by atoms with Gasteiger partial charge in [-0.1, -0.05) is 6.07 Å². The van der Waals surface area contributed by atoms with Gasteiger partial charge in [0.15, 0.2) is 17.3 Å². The Morgan fingerprint density at radius 2 is 2.00 bits per heavy atom. The fraction of sp³-hybridized carbons (Fsp3) is 0.250. The second-order valence-electron chi connectivity index (χ2n) is 5.17. The van der Waals surface area contributed by atoms with Crippen molar-refractivity contribution in [3.05, 3.63) is 29.6 Å². The zero-order valence-electron chi connectivity index (χ0n) is 14.3. The highest BCUT2D eigenvalue weighted by Gasteiger charge is 2.13. The molecule has 1 aromatic heterocycles. The smallest absolute Gasteiger partial charge is 0.387 e. The van der Waals surface area contributed by atoms with Gasteiger partial charge in [-0.25, -0.2) is 0 Å². The minimum atomic E-state index is -3.01. The molecule has 2 aromatic rings. The predicted octanol–water partition coefficient (Wildman–Crippen LogP) is 2.19. The van der Waals surface area contributed by atoms with Crippen LogP contribution in [0.15, 0.2) is 18.2 Å². The van der Waals surface area contributed by atoms with Crippen molar-refractivity contribution >= 4 is 23.5 Å². The molecule has 0 unspecified atom stereocenters. The van der Waals surface area contributed by atoms with Crippen molar-refractivity contribution in [2.24, 2.45) is 0 Å². The Morgan fingerprint density at radius 1 is 1.27 bits per heavy atom. The summed E-state index contributed by atoms with van der Waals surface area (Å²) in [4.78, 5) is 13.7. The number of allylic oxidation sites excluding steroid dienone is 1. The number of hydrogen-bond donors (Lipinski definition) is 1. The van der Waals surface area contributed by atoms with Crippen LogP contribution in [0.2, 0.25) is 0 Å². The Labute approximate surface area is 148 Å². The Hall–Kier alpha value is -3.48. The van der Waals surface area contributed by atoms with E-state index in [4.69, 9.17) is 10.5 Å². The number of alkyl halides is 2. The summed E-state index contributed by atoms with van der Waals surface area (Å²) in [5, 5.41) is 9.43. The number of nitrogens with zero attached hydrogens (tertiary/aromatic N) is 5. The van der Waals surface area contributed by atoms with Gasteiger partial charge in [-0.15, -0.1) is 0 Å². The van der Waals surface area contributed by atoms with Crippen LogP contribution in [0.1, 0.15) is 11.4 Å². The van der Waals surface area contributed by atoms with E-state index in [0.29, 0.717) is 5.56 Å². The fourth-order valence-electron chi connectivity index (χ4n) is 1.99. The van der Waals surface area contributed by atoms with E-state index in [9.17, 15) is 14.0 Å². The number of hydrogen-bond acceptors (Lipinski definition) is 8. The normalized spacial score (nSPS) is 11.2. The number of methoxy groups -OCH3 is 1. The zero-order valence-corrected chi connectivity index (χ0v) is 14.3. The molecule has 8 nitrogen and oxygen atoms in total.